The number of likely N-dealkylation sites (N-methyl/N-ethyl adjacent to an activating group) is 1. The van der Waals surface area contributed by atoms with Crippen molar-refractivity contribution >= 4 is 11.2 Å². The molecule has 2 aromatic heterocycles. The second-order valence-corrected chi connectivity index (χ2v) is 5.34. The molecule has 1 atom stereocenters. The van der Waals surface area contributed by atoms with Crippen LogP contribution in [0.25, 0.3) is 11.2 Å². The molecule has 3 heterocycles. The summed E-state index contributed by atoms with van der Waals surface area (Å²) in [4.78, 5) is 11.8. The van der Waals surface area contributed by atoms with Crippen molar-refractivity contribution in [3.63, 3.8) is 0 Å². The van der Waals surface area contributed by atoms with E-state index in [0.717, 1.165) is 30.8 Å². The van der Waals surface area contributed by atoms with Crippen LogP contribution in [0, 0.1) is 0 Å². The van der Waals surface area contributed by atoms with Crippen LogP contribution < -0.4 is 0 Å². The maximum atomic E-state index is 5.24. The molecule has 5 heteroatoms. The van der Waals surface area contributed by atoms with Crippen molar-refractivity contribution in [3.05, 3.63) is 24.2 Å². The van der Waals surface area contributed by atoms with Crippen molar-refractivity contribution in [3.8, 4) is 0 Å². The van der Waals surface area contributed by atoms with Gasteiger partial charge in [0.1, 0.15) is 11.3 Å². The van der Waals surface area contributed by atoms with Gasteiger partial charge >= 0.3 is 0 Å². The predicted molar refractivity (Wildman–Crippen MR) is 78.9 cm³/mol. The van der Waals surface area contributed by atoms with E-state index in [1.165, 1.54) is 18.8 Å². The van der Waals surface area contributed by atoms with Gasteiger partial charge in [0.25, 0.3) is 0 Å². The maximum Gasteiger partial charge on any atom is 0.160 e. The molecule has 0 saturated carbocycles. The number of hydrogen-bond donors (Lipinski definition) is 0. The summed E-state index contributed by atoms with van der Waals surface area (Å²) in [6, 6.07) is 3.99. The molecular weight excluding hydrogens is 252 g/mol. The fraction of sp³-hybridized carbons (Fsp3) is 0.600. The summed E-state index contributed by atoms with van der Waals surface area (Å²) in [5.74, 6) is 1.69. The molecule has 0 amide bonds. The van der Waals surface area contributed by atoms with Crippen molar-refractivity contribution < 1.29 is 4.74 Å². The number of fused-ring (bicyclic) bond motifs is 1. The van der Waals surface area contributed by atoms with Crippen molar-refractivity contribution in [2.24, 2.45) is 0 Å². The normalized spacial score (nSPS) is 20.0. The maximum absolute atomic E-state index is 5.24. The van der Waals surface area contributed by atoms with Gasteiger partial charge in [0.05, 0.1) is 6.61 Å². The number of hydrogen-bond acceptors (Lipinski definition) is 4. The second-order valence-electron chi connectivity index (χ2n) is 5.34. The van der Waals surface area contributed by atoms with Crippen molar-refractivity contribution in [1.82, 2.24) is 19.4 Å². The molecular formula is C15H22N4O. The fourth-order valence-electron chi connectivity index (χ4n) is 3.02. The summed E-state index contributed by atoms with van der Waals surface area (Å²) in [5.41, 5.74) is 1.98. The van der Waals surface area contributed by atoms with Crippen molar-refractivity contribution in [2.75, 3.05) is 33.4 Å². The summed E-state index contributed by atoms with van der Waals surface area (Å²) in [6.07, 6.45) is 3.02. The van der Waals surface area contributed by atoms with Gasteiger partial charge in [-0.1, -0.05) is 6.92 Å². The number of rotatable bonds is 5. The number of imidazole rings is 1. The number of ether oxygens (including phenoxy) is 1. The Morgan fingerprint density at radius 1 is 1.45 bits per heavy atom. The molecule has 108 valence electrons. The van der Waals surface area contributed by atoms with E-state index in [-0.39, 0.29) is 0 Å². The molecule has 3 rings (SSSR count). The van der Waals surface area contributed by atoms with E-state index >= 15 is 0 Å². The molecule has 0 radical (unpaired) electrons. The second kappa shape index (κ2) is 5.89. The molecule has 0 bridgehead atoms. The van der Waals surface area contributed by atoms with E-state index in [1.807, 2.05) is 18.3 Å². The van der Waals surface area contributed by atoms with Crippen LogP contribution in [0.1, 0.15) is 25.1 Å². The van der Waals surface area contributed by atoms with Gasteiger partial charge in [-0.3, -0.25) is 0 Å². The molecule has 0 aromatic carbocycles. The predicted octanol–water partition coefficient (Wildman–Crippen LogP) is 1.89. The first-order valence-electron chi connectivity index (χ1n) is 7.36. The Balaban J connectivity index is 1.96. The highest BCUT2D eigenvalue weighted by atomic mass is 16.5. The van der Waals surface area contributed by atoms with Gasteiger partial charge in [-0.15, -0.1) is 0 Å². The standard InChI is InChI=1S/C15H22N4O/c1-3-18-8-6-12(11-18)14-17-13-5-4-7-16-15(13)19(14)9-10-20-2/h4-5,7,12H,3,6,8-11H2,1-2H3. The van der Waals surface area contributed by atoms with Crippen LogP contribution in [-0.4, -0.2) is 52.8 Å². The van der Waals surface area contributed by atoms with Gasteiger partial charge in [0.15, 0.2) is 5.65 Å². The van der Waals surface area contributed by atoms with E-state index in [4.69, 9.17) is 9.72 Å². The quantitative estimate of drug-likeness (QED) is 0.835. The summed E-state index contributed by atoms with van der Waals surface area (Å²) in [5, 5.41) is 0. The van der Waals surface area contributed by atoms with E-state index in [2.05, 4.69) is 21.4 Å². The molecule has 1 unspecified atom stereocenters. The largest absolute Gasteiger partial charge is 0.383 e. The van der Waals surface area contributed by atoms with Crippen LogP contribution in [-0.2, 0) is 11.3 Å². The molecule has 20 heavy (non-hydrogen) atoms. The first kappa shape index (κ1) is 13.5. The Labute approximate surface area is 119 Å². The summed E-state index contributed by atoms with van der Waals surface area (Å²) in [7, 11) is 1.74. The first-order chi connectivity index (χ1) is 9.83. The third-order valence-electron chi connectivity index (χ3n) is 4.14. The molecule has 5 nitrogen and oxygen atoms in total. The van der Waals surface area contributed by atoms with Crippen LogP contribution in [0.2, 0.25) is 0 Å². The van der Waals surface area contributed by atoms with Crippen LogP contribution >= 0.6 is 0 Å². The monoisotopic (exact) mass is 274 g/mol. The van der Waals surface area contributed by atoms with Gasteiger partial charge in [0, 0.05) is 32.3 Å². The average Bonchev–Trinajstić information content (AvgIpc) is 3.09. The average molecular weight is 274 g/mol. The van der Waals surface area contributed by atoms with E-state index in [1.54, 1.807) is 7.11 Å². The zero-order valence-electron chi connectivity index (χ0n) is 12.2. The number of methoxy groups -OCH3 is 1. The highest BCUT2D eigenvalue weighted by Crippen LogP contribution is 2.28. The molecule has 0 N–H and O–H groups in total. The smallest absolute Gasteiger partial charge is 0.160 e. The van der Waals surface area contributed by atoms with Gasteiger partial charge in [-0.2, -0.15) is 0 Å². The van der Waals surface area contributed by atoms with Crippen LogP contribution in [0.5, 0.6) is 0 Å². The van der Waals surface area contributed by atoms with Crippen LogP contribution in [0.3, 0.4) is 0 Å². The minimum absolute atomic E-state index is 0.515. The van der Waals surface area contributed by atoms with Crippen LogP contribution in [0.4, 0.5) is 0 Å². The van der Waals surface area contributed by atoms with E-state index in [0.29, 0.717) is 12.5 Å². The van der Waals surface area contributed by atoms with Crippen LogP contribution in [0.15, 0.2) is 18.3 Å². The van der Waals surface area contributed by atoms with E-state index in [9.17, 15) is 0 Å². The third-order valence-corrected chi connectivity index (χ3v) is 4.14. The molecule has 2 aromatic rings. The Hall–Kier alpha value is -1.46. The molecule has 0 aliphatic carbocycles. The highest BCUT2D eigenvalue weighted by Gasteiger charge is 2.27. The van der Waals surface area contributed by atoms with Crippen molar-refractivity contribution in [1.29, 1.82) is 0 Å². The molecule has 1 fully saturated rings. The Bertz CT molecular complexity index is 580. The zero-order chi connectivity index (χ0) is 13.9. The number of aromatic nitrogens is 3. The van der Waals surface area contributed by atoms with Gasteiger partial charge in [-0.25, -0.2) is 9.97 Å². The third kappa shape index (κ3) is 2.43. The molecule has 1 aliphatic rings. The lowest BCUT2D eigenvalue weighted by Gasteiger charge is -2.14. The SMILES string of the molecule is CCN1CCC(c2nc3cccnc3n2CCOC)C1. The summed E-state index contributed by atoms with van der Waals surface area (Å²) in [6.45, 7) is 7.13. The van der Waals surface area contributed by atoms with E-state index < -0.39 is 0 Å². The summed E-state index contributed by atoms with van der Waals surface area (Å²) >= 11 is 0. The highest BCUT2D eigenvalue weighted by molar-refractivity contribution is 5.71. The topological polar surface area (TPSA) is 43.2 Å². The first-order valence-corrected chi connectivity index (χ1v) is 7.36. The minimum atomic E-state index is 0.515. The van der Waals surface area contributed by atoms with Gasteiger partial charge in [0.2, 0.25) is 0 Å². The number of nitrogens with zero attached hydrogens (tertiary/aromatic N) is 4. The summed E-state index contributed by atoms with van der Waals surface area (Å²) < 4.78 is 7.48. The lowest BCUT2D eigenvalue weighted by atomic mass is 10.1. The van der Waals surface area contributed by atoms with Gasteiger partial charge < -0.3 is 14.2 Å². The Morgan fingerprint density at radius 2 is 2.35 bits per heavy atom. The fourth-order valence-corrected chi connectivity index (χ4v) is 3.02. The molecule has 1 aliphatic heterocycles. The minimum Gasteiger partial charge on any atom is -0.383 e. The molecule has 1 saturated heterocycles. The zero-order valence-corrected chi connectivity index (χ0v) is 12.2. The Kier molecular flexibility index (Phi) is 3.98. The Morgan fingerprint density at radius 3 is 3.10 bits per heavy atom. The van der Waals surface area contributed by atoms with Crippen molar-refractivity contribution in [2.45, 2.75) is 25.8 Å². The number of pyridine rings is 1. The molecule has 0 spiro atoms. The van der Waals surface area contributed by atoms with Gasteiger partial charge in [-0.05, 0) is 31.6 Å². The lowest BCUT2D eigenvalue weighted by Crippen LogP contribution is -2.20. The number of likely N-dealkylation sites (tertiary alicyclic amines) is 1. The lowest BCUT2D eigenvalue weighted by molar-refractivity contribution is 0.186.